The standard InChI is InChI=1S/C25H14ClN3O/c26-25-28-23(15-7-2-1-3-8-15)27-24(29-25)18-11-6-12-20-22(18)19-13-16-9-4-5-10-17(16)14-21(19)30-20/h1-14H. The number of rotatable bonds is 2. The molecule has 0 atom stereocenters. The van der Waals surface area contributed by atoms with Crippen LogP contribution in [0.3, 0.4) is 0 Å². The predicted octanol–water partition coefficient (Wildman–Crippen LogP) is 6.91. The molecule has 0 bridgehead atoms. The first kappa shape index (κ1) is 17.1. The SMILES string of the molecule is Clc1nc(-c2ccccc2)nc(-c2cccc3oc4cc5ccccc5cc4c23)n1. The molecule has 0 saturated heterocycles. The second-order valence-electron chi connectivity index (χ2n) is 7.09. The van der Waals surface area contributed by atoms with Crippen LogP contribution in [0, 0.1) is 0 Å². The van der Waals surface area contributed by atoms with Gasteiger partial charge < -0.3 is 4.42 Å². The second-order valence-corrected chi connectivity index (χ2v) is 7.43. The maximum Gasteiger partial charge on any atom is 0.226 e. The quantitative estimate of drug-likeness (QED) is 0.313. The number of hydrogen-bond donors (Lipinski definition) is 0. The van der Waals surface area contributed by atoms with E-state index in [0.717, 1.165) is 43.8 Å². The maximum atomic E-state index is 6.29. The van der Waals surface area contributed by atoms with Gasteiger partial charge in [-0.05, 0) is 40.6 Å². The summed E-state index contributed by atoms with van der Waals surface area (Å²) in [5, 5.41) is 4.45. The van der Waals surface area contributed by atoms with Gasteiger partial charge in [-0.3, -0.25) is 0 Å². The van der Waals surface area contributed by atoms with E-state index < -0.39 is 0 Å². The van der Waals surface area contributed by atoms with Crippen molar-refractivity contribution in [3.8, 4) is 22.8 Å². The third-order valence-corrected chi connectivity index (χ3v) is 5.41. The molecule has 0 fully saturated rings. The molecule has 6 aromatic rings. The van der Waals surface area contributed by atoms with Gasteiger partial charge >= 0.3 is 0 Å². The molecule has 5 heteroatoms. The molecule has 0 aliphatic heterocycles. The Kier molecular flexibility index (Phi) is 3.79. The van der Waals surface area contributed by atoms with Crippen molar-refractivity contribution < 1.29 is 4.42 Å². The molecule has 4 aromatic carbocycles. The van der Waals surface area contributed by atoms with Gasteiger partial charge in [0.25, 0.3) is 0 Å². The molecule has 6 rings (SSSR count). The molecule has 2 heterocycles. The van der Waals surface area contributed by atoms with Crippen LogP contribution in [0.2, 0.25) is 5.28 Å². The average Bonchev–Trinajstić information content (AvgIpc) is 3.15. The molecule has 0 radical (unpaired) electrons. The minimum Gasteiger partial charge on any atom is -0.456 e. The van der Waals surface area contributed by atoms with Crippen LogP contribution >= 0.6 is 11.6 Å². The van der Waals surface area contributed by atoms with Gasteiger partial charge in [-0.15, -0.1) is 0 Å². The van der Waals surface area contributed by atoms with Crippen LogP contribution < -0.4 is 0 Å². The number of fused-ring (bicyclic) bond motifs is 4. The van der Waals surface area contributed by atoms with Crippen molar-refractivity contribution in [3.63, 3.8) is 0 Å². The lowest BCUT2D eigenvalue weighted by atomic mass is 10.0. The van der Waals surface area contributed by atoms with E-state index >= 15 is 0 Å². The fraction of sp³-hybridized carbons (Fsp3) is 0. The molecule has 0 N–H and O–H groups in total. The number of benzene rings is 4. The summed E-state index contributed by atoms with van der Waals surface area (Å²) < 4.78 is 6.16. The maximum absolute atomic E-state index is 6.29. The van der Waals surface area contributed by atoms with E-state index in [2.05, 4.69) is 34.2 Å². The highest BCUT2D eigenvalue weighted by atomic mass is 35.5. The van der Waals surface area contributed by atoms with Gasteiger partial charge in [0.1, 0.15) is 11.2 Å². The normalized spacial score (nSPS) is 11.5. The minimum absolute atomic E-state index is 0.161. The van der Waals surface area contributed by atoms with Crippen LogP contribution in [-0.4, -0.2) is 15.0 Å². The van der Waals surface area contributed by atoms with Gasteiger partial charge in [0.05, 0.1) is 0 Å². The number of halogens is 1. The fourth-order valence-corrected chi connectivity index (χ4v) is 4.04. The summed E-state index contributed by atoms with van der Waals surface area (Å²) in [6.45, 7) is 0. The lowest BCUT2D eigenvalue weighted by Crippen LogP contribution is -1.97. The van der Waals surface area contributed by atoms with E-state index in [9.17, 15) is 0 Å². The van der Waals surface area contributed by atoms with Crippen LogP contribution in [0.25, 0.3) is 55.5 Å². The van der Waals surface area contributed by atoms with Crippen LogP contribution in [0.4, 0.5) is 0 Å². The second kappa shape index (κ2) is 6.65. The van der Waals surface area contributed by atoms with Gasteiger partial charge in [-0.25, -0.2) is 4.98 Å². The number of hydrogen-bond acceptors (Lipinski definition) is 4. The Bertz CT molecular complexity index is 1560. The average molecular weight is 408 g/mol. The van der Waals surface area contributed by atoms with Gasteiger partial charge in [-0.1, -0.05) is 66.7 Å². The molecule has 0 aliphatic carbocycles. The van der Waals surface area contributed by atoms with E-state index in [0.29, 0.717) is 11.6 Å². The van der Waals surface area contributed by atoms with Crippen LogP contribution in [-0.2, 0) is 0 Å². The lowest BCUT2D eigenvalue weighted by molar-refractivity contribution is 0.669. The van der Waals surface area contributed by atoms with E-state index in [4.69, 9.17) is 21.0 Å². The summed E-state index contributed by atoms with van der Waals surface area (Å²) in [6.07, 6.45) is 0. The summed E-state index contributed by atoms with van der Waals surface area (Å²) in [4.78, 5) is 13.5. The molecule has 0 amide bonds. The van der Waals surface area contributed by atoms with Gasteiger partial charge in [0.15, 0.2) is 11.6 Å². The van der Waals surface area contributed by atoms with Crippen LogP contribution in [0.15, 0.2) is 89.3 Å². The molecule has 30 heavy (non-hydrogen) atoms. The Hall–Kier alpha value is -3.76. The first-order valence-corrected chi connectivity index (χ1v) is 9.95. The van der Waals surface area contributed by atoms with Gasteiger partial charge in [0.2, 0.25) is 5.28 Å². The lowest BCUT2D eigenvalue weighted by Gasteiger charge is -2.06. The number of furan rings is 1. The third kappa shape index (κ3) is 2.73. The summed E-state index contributed by atoms with van der Waals surface area (Å²) in [7, 11) is 0. The van der Waals surface area contributed by atoms with Crippen molar-refractivity contribution in [2.75, 3.05) is 0 Å². The Morgan fingerprint density at radius 3 is 2.20 bits per heavy atom. The molecule has 0 unspecified atom stereocenters. The Morgan fingerprint density at radius 1 is 0.633 bits per heavy atom. The predicted molar refractivity (Wildman–Crippen MR) is 120 cm³/mol. The van der Waals surface area contributed by atoms with E-state index in [-0.39, 0.29) is 5.28 Å². The molecule has 0 spiro atoms. The van der Waals surface area contributed by atoms with Gasteiger partial charge in [-0.2, -0.15) is 9.97 Å². The van der Waals surface area contributed by atoms with Crippen molar-refractivity contribution in [2.24, 2.45) is 0 Å². The summed E-state index contributed by atoms with van der Waals surface area (Å²) in [5.41, 5.74) is 3.37. The highest BCUT2D eigenvalue weighted by molar-refractivity contribution is 6.28. The Labute approximate surface area is 176 Å². The first-order chi connectivity index (χ1) is 14.8. The van der Waals surface area contributed by atoms with E-state index in [1.54, 1.807) is 0 Å². The minimum atomic E-state index is 0.161. The van der Waals surface area contributed by atoms with Crippen molar-refractivity contribution in [3.05, 3.63) is 90.2 Å². The Balaban J connectivity index is 1.65. The Morgan fingerprint density at radius 2 is 1.37 bits per heavy atom. The fourth-order valence-electron chi connectivity index (χ4n) is 3.88. The van der Waals surface area contributed by atoms with Crippen LogP contribution in [0.5, 0.6) is 0 Å². The molecule has 4 nitrogen and oxygen atoms in total. The zero-order chi connectivity index (χ0) is 20.1. The zero-order valence-electron chi connectivity index (χ0n) is 15.7. The molecular formula is C25H14ClN3O. The highest BCUT2D eigenvalue weighted by Gasteiger charge is 2.17. The number of aromatic nitrogens is 3. The zero-order valence-corrected chi connectivity index (χ0v) is 16.5. The van der Waals surface area contributed by atoms with Gasteiger partial charge in [0, 0.05) is 21.9 Å². The summed E-state index contributed by atoms with van der Waals surface area (Å²) >= 11 is 6.29. The monoisotopic (exact) mass is 407 g/mol. The number of nitrogens with zero attached hydrogens (tertiary/aromatic N) is 3. The smallest absolute Gasteiger partial charge is 0.226 e. The highest BCUT2D eigenvalue weighted by Crippen LogP contribution is 2.37. The molecular weight excluding hydrogens is 394 g/mol. The summed E-state index contributed by atoms with van der Waals surface area (Å²) in [6, 6.07) is 28.1. The third-order valence-electron chi connectivity index (χ3n) is 5.24. The molecule has 142 valence electrons. The van der Waals surface area contributed by atoms with E-state index in [1.165, 1.54) is 0 Å². The van der Waals surface area contributed by atoms with Crippen molar-refractivity contribution in [1.29, 1.82) is 0 Å². The molecule has 0 saturated carbocycles. The summed E-state index contributed by atoms with van der Waals surface area (Å²) in [5.74, 6) is 1.07. The van der Waals surface area contributed by atoms with E-state index in [1.807, 2.05) is 60.7 Å². The largest absolute Gasteiger partial charge is 0.456 e. The topological polar surface area (TPSA) is 51.8 Å². The van der Waals surface area contributed by atoms with Crippen LogP contribution in [0.1, 0.15) is 0 Å². The molecule has 2 aromatic heterocycles. The molecule has 0 aliphatic rings. The van der Waals surface area contributed by atoms with Crippen molar-refractivity contribution >= 4 is 44.3 Å². The first-order valence-electron chi connectivity index (χ1n) is 9.58. The van der Waals surface area contributed by atoms with Crippen molar-refractivity contribution in [2.45, 2.75) is 0 Å². The van der Waals surface area contributed by atoms with Crippen molar-refractivity contribution in [1.82, 2.24) is 15.0 Å².